The summed E-state index contributed by atoms with van der Waals surface area (Å²) in [7, 11) is 1.61. The molecule has 1 aromatic carbocycles. The number of hydrogen-bond acceptors (Lipinski definition) is 8. The smallest absolute Gasteiger partial charge is 0.232 e. The van der Waals surface area contributed by atoms with Crippen LogP contribution in [0.25, 0.3) is 22.3 Å². The number of nitrogens with zero attached hydrogens (tertiary/aromatic N) is 4. The van der Waals surface area contributed by atoms with Gasteiger partial charge in [-0.3, -0.25) is 9.78 Å². The predicted molar refractivity (Wildman–Crippen MR) is 136 cm³/mol. The van der Waals surface area contributed by atoms with Gasteiger partial charge in [-0.2, -0.15) is 0 Å². The Morgan fingerprint density at radius 1 is 1.17 bits per heavy atom. The normalized spacial score (nSPS) is 16.1. The van der Waals surface area contributed by atoms with E-state index in [0.29, 0.717) is 28.7 Å². The highest BCUT2D eigenvalue weighted by molar-refractivity contribution is 5.96. The van der Waals surface area contributed by atoms with Crippen LogP contribution in [-0.2, 0) is 4.79 Å². The maximum atomic E-state index is 12.8. The number of anilines is 2. The van der Waals surface area contributed by atoms with E-state index in [1.165, 1.54) is 0 Å². The lowest BCUT2D eigenvalue weighted by molar-refractivity contribution is -0.117. The molecule has 3 N–H and O–H groups in total. The van der Waals surface area contributed by atoms with Crippen molar-refractivity contribution in [2.75, 3.05) is 30.8 Å². The van der Waals surface area contributed by atoms with Gasteiger partial charge in [0.15, 0.2) is 5.82 Å². The van der Waals surface area contributed by atoms with Crippen molar-refractivity contribution < 1.29 is 9.53 Å². The van der Waals surface area contributed by atoms with Crippen LogP contribution in [0.3, 0.4) is 0 Å². The Morgan fingerprint density at radius 2 is 2.03 bits per heavy atom. The van der Waals surface area contributed by atoms with Gasteiger partial charge < -0.3 is 20.7 Å². The van der Waals surface area contributed by atoms with Gasteiger partial charge in [-0.15, -0.1) is 0 Å². The summed E-state index contributed by atoms with van der Waals surface area (Å²) >= 11 is 0. The summed E-state index contributed by atoms with van der Waals surface area (Å²) in [4.78, 5) is 31.0. The average molecular weight is 470 g/mol. The first-order chi connectivity index (χ1) is 17.1. The van der Waals surface area contributed by atoms with E-state index in [0.717, 1.165) is 36.0 Å². The fraction of sp³-hybridized carbons (Fsp3) is 0.269. The maximum absolute atomic E-state index is 12.8. The number of carbonyl (C=O) groups excluding carboxylic acids is 1. The number of carbonyl (C=O) groups is 1. The molecule has 9 nitrogen and oxygen atoms in total. The molecule has 1 aliphatic rings. The lowest BCUT2D eigenvalue weighted by Gasteiger charge is -2.17. The van der Waals surface area contributed by atoms with Crippen molar-refractivity contribution in [2.24, 2.45) is 0 Å². The number of rotatable bonds is 7. The van der Waals surface area contributed by atoms with Gasteiger partial charge >= 0.3 is 0 Å². The number of amides is 1. The monoisotopic (exact) mass is 469 g/mol. The molecule has 0 saturated carbocycles. The second-order valence-electron chi connectivity index (χ2n) is 8.52. The van der Waals surface area contributed by atoms with Gasteiger partial charge in [0.1, 0.15) is 17.4 Å². The third kappa shape index (κ3) is 4.90. The lowest BCUT2D eigenvalue weighted by Crippen LogP contribution is -2.23. The minimum atomic E-state index is -0.312. The summed E-state index contributed by atoms with van der Waals surface area (Å²) in [6, 6.07) is 13.5. The Hall–Kier alpha value is -4.11. The van der Waals surface area contributed by atoms with E-state index in [1.54, 1.807) is 31.8 Å². The molecule has 1 amide bonds. The third-order valence-electron chi connectivity index (χ3n) is 6.16. The first-order valence-electron chi connectivity index (χ1n) is 11.6. The summed E-state index contributed by atoms with van der Waals surface area (Å²) in [5.41, 5.74) is 2.35. The quantitative estimate of drug-likeness (QED) is 0.376. The van der Waals surface area contributed by atoms with Crippen LogP contribution in [0, 0.1) is 0 Å². The van der Waals surface area contributed by atoms with E-state index >= 15 is 0 Å². The number of benzene rings is 1. The molecule has 9 heteroatoms. The Labute approximate surface area is 203 Å². The fourth-order valence-electron chi connectivity index (χ4n) is 4.18. The highest BCUT2D eigenvalue weighted by Crippen LogP contribution is 2.32. The first kappa shape index (κ1) is 22.7. The van der Waals surface area contributed by atoms with Crippen LogP contribution in [0.1, 0.15) is 24.8 Å². The minimum absolute atomic E-state index is 0.134. The van der Waals surface area contributed by atoms with E-state index < -0.39 is 0 Å². The molecule has 2 atom stereocenters. The topological polar surface area (TPSA) is 114 Å². The summed E-state index contributed by atoms with van der Waals surface area (Å²) in [6.07, 6.45) is 6.01. The van der Waals surface area contributed by atoms with Crippen molar-refractivity contribution in [2.45, 2.75) is 25.3 Å². The van der Waals surface area contributed by atoms with E-state index in [2.05, 4.69) is 25.9 Å². The zero-order valence-corrected chi connectivity index (χ0v) is 19.7. The average Bonchev–Trinajstić information content (AvgIpc) is 3.41. The lowest BCUT2D eigenvalue weighted by atomic mass is 10.0. The number of methoxy groups -OCH3 is 1. The molecule has 1 aliphatic heterocycles. The van der Waals surface area contributed by atoms with E-state index in [9.17, 15) is 4.79 Å². The Kier molecular flexibility index (Phi) is 6.49. The Morgan fingerprint density at radius 3 is 2.80 bits per heavy atom. The molecule has 0 unspecified atom stereocenters. The Bertz CT molecular complexity index is 1340. The van der Waals surface area contributed by atoms with Gasteiger partial charge in [-0.1, -0.05) is 30.3 Å². The van der Waals surface area contributed by atoms with Gasteiger partial charge in [-0.05, 0) is 37.6 Å². The number of hydrogen-bond donors (Lipinski definition) is 3. The fourth-order valence-corrected chi connectivity index (χ4v) is 4.18. The predicted octanol–water partition coefficient (Wildman–Crippen LogP) is 3.61. The SMILES string of the molecule is COc1cncc2nc(-c3ccnc(NC(=O)[C@H](C)c4ccccc4)c3)nc(N[C@@H]3CCNC3)c12. The zero-order valence-electron chi connectivity index (χ0n) is 19.7. The highest BCUT2D eigenvalue weighted by atomic mass is 16.5. The van der Waals surface area contributed by atoms with Crippen LogP contribution in [0.15, 0.2) is 61.1 Å². The molecule has 0 bridgehead atoms. The van der Waals surface area contributed by atoms with Gasteiger partial charge in [0.2, 0.25) is 5.91 Å². The van der Waals surface area contributed by atoms with Gasteiger partial charge in [0, 0.05) is 24.3 Å². The molecule has 0 aliphatic carbocycles. The van der Waals surface area contributed by atoms with E-state index in [-0.39, 0.29) is 17.9 Å². The molecule has 3 aromatic heterocycles. The molecule has 5 rings (SSSR count). The summed E-state index contributed by atoms with van der Waals surface area (Å²) in [6.45, 7) is 3.69. The number of ether oxygens (including phenoxy) is 1. The molecule has 4 heterocycles. The zero-order chi connectivity index (χ0) is 24.2. The summed E-state index contributed by atoms with van der Waals surface area (Å²) in [5, 5.41) is 10.6. The highest BCUT2D eigenvalue weighted by Gasteiger charge is 2.20. The van der Waals surface area contributed by atoms with E-state index in [1.807, 2.05) is 43.3 Å². The molecule has 0 spiro atoms. The maximum Gasteiger partial charge on any atom is 0.232 e. The third-order valence-corrected chi connectivity index (χ3v) is 6.16. The van der Waals surface area contributed by atoms with Crippen LogP contribution >= 0.6 is 0 Å². The molecule has 178 valence electrons. The summed E-state index contributed by atoms with van der Waals surface area (Å²) in [5.74, 6) is 1.81. The second kappa shape index (κ2) is 10.0. The second-order valence-corrected chi connectivity index (χ2v) is 8.52. The van der Waals surface area contributed by atoms with Crippen LogP contribution in [0.4, 0.5) is 11.6 Å². The van der Waals surface area contributed by atoms with Crippen molar-refractivity contribution >= 4 is 28.4 Å². The van der Waals surface area contributed by atoms with Crippen LogP contribution in [0.2, 0.25) is 0 Å². The minimum Gasteiger partial charge on any atom is -0.494 e. The molecule has 1 saturated heterocycles. The number of aromatic nitrogens is 4. The summed E-state index contributed by atoms with van der Waals surface area (Å²) < 4.78 is 5.54. The largest absolute Gasteiger partial charge is 0.494 e. The molecular formula is C26H27N7O2. The molecule has 4 aromatic rings. The number of nitrogens with one attached hydrogen (secondary N) is 3. The van der Waals surface area contributed by atoms with Gasteiger partial charge in [-0.25, -0.2) is 15.0 Å². The first-order valence-corrected chi connectivity index (χ1v) is 11.6. The molecule has 35 heavy (non-hydrogen) atoms. The molecule has 0 radical (unpaired) electrons. The number of pyridine rings is 2. The molecular weight excluding hydrogens is 442 g/mol. The van der Waals surface area contributed by atoms with Crippen molar-refractivity contribution in [3.8, 4) is 17.1 Å². The van der Waals surface area contributed by atoms with Crippen molar-refractivity contribution in [1.82, 2.24) is 25.3 Å². The van der Waals surface area contributed by atoms with Gasteiger partial charge in [0.05, 0.1) is 36.3 Å². The molecule has 1 fully saturated rings. The van der Waals surface area contributed by atoms with Gasteiger partial charge in [0.25, 0.3) is 0 Å². The van der Waals surface area contributed by atoms with Crippen molar-refractivity contribution in [3.63, 3.8) is 0 Å². The van der Waals surface area contributed by atoms with E-state index in [4.69, 9.17) is 14.7 Å². The Balaban J connectivity index is 1.47. The van der Waals surface area contributed by atoms with Crippen molar-refractivity contribution in [1.29, 1.82) is 0 Å². The van der Waals surface area contributed by atoms with Crippen LogP contribution in [-0.4, -0.2) is 52.1 Å². The standard InChI is InChI=1S/C26H27N7O2/c1-16(17-6-4-3-5-7-17)26(34)32-22-12-18(8-11-29-22)24-31-20-14-28-15-21(35-2)23(20)25(33-24)30-19-9-10-27-13-19/h3-8,11-12,14-16,19,27H,9-10,13H2,1-2H3,(H,29,32,34)(H,30,31,33)/t16-,19-/m1/s1. The van der Waals surface area contributed by atoms with Crippen LogP contribution < -0.4 is 20.7 Å². The number of fused-ring (bicyclic) bond motifs is 1. The van der Waals surface area contributed by atoms with Crippen LogP contribution in [0.5, 0.6) is 5.75 Å². The van der Waals surface area contributed by atoms with Crippen molar-refractivity contribution in [3.05, 3.63) is 66.6 Å².